The Morgan fingerprint density at radius 3 is 2.73 bits per heavy atom. The first kappa shape index (κ1) is 26.9. The average molecular weight is 603 g/mol. The summed E-state index contributed by atoms with van der Waals surface area (Å²) in [5.41, 5.74) is 1.61. The number of aromatic nitrogens is 3. The molecule has 0 fully saturated rings. The van der Waals surface area contributed by atoms with Crippen LogP contribution in [-0.4, -0.2) is 27.1 Å². The summed E-state index contributed by atoms with van der Waals surface area (Å²) in [6.07, 6.45) is 1.65. The molecule has 6 rings (SSSR count). The number of thiazole rings is 1. The molecule has 0 saturated heterocycles. The highest BCUT2D eigenvalue weighted by Crippen LogP contribution is 2.36. The summed E-state index contributed by atoms with van der Waals surface area (Å²) in [5.74, 6) is -0.0633. The highest BCUT2D eigenvalue weighted by Gasteiger charge is 2.35. The smallest absolute Gasteiger partial charge is 0.338 e. The number of hydrogen-bond acceptors (Lipinski definition) is 10. The van der Waals surface area contributed by atoms with E-state index >= 15 is 0 Å². The molecule has 0 aliphatic carbocycles. The summed E-state index contributed by atoms with van der Waals surface area (Å²) in [7, 11) is 0. The van der Waals surface area contributed by atoms with E-state index in [4.69, 9.17) is 14.1 Å². The number of H-pyrrole nitrogens is 1. The van der Waals surface area contributed by atoms with Gasteiger partial charge in [0.2, 0.25) is 0 Å². The van der Waals surface area contributed by atoms with Crippen LogP contribution in [0.5, 0.6) is 0 Å². The van der Waals surface area contributed by atoms with Crippen LogP contribution in [-0.2, 0) is 9.53 Å². The van der Waals surface area contributed by atoms with Crippen LogP contribution in [0.2, 0.25) is 0 Å². The van der Waals surface area contributed by atoms with E-state index < -0.39 is 12.0 Å². The second-order valence-electron chi connectivity index (χ2n) is 8.90. The lowest BCUT2D eigenvalue weighted by molar-refractivity contribution is -0.138. The van der Waals surface area contributed by atoms with Crippen LogP contribution in [0.4, 0.5) is 0 Å². The van der Waals surface area contributed by atoms with Gasteiger partial charge in [0.05, 0.1) is 22.4 Å². The van der Waals surface area contributed by atoms with E-state index in [1.807, 2.05) is 47.8 Å². The summed E-state index contributed by atoms with van der Waals surface area (Å²) >= 11 is 3.85. The molecule has 0 saturated carbocycles. The third-order valence-electron chi connectivity index (χ3n) is 6.11. The molecular weight excluding hydrogens is 581 g/mol. The van der Waals surface area contributed by atoms with Gasteiger partial charge in [-0.3, -0.25) is 14.2 Å². The van der Waals surface area contributed by atoms with Crippen LogP contribution >= 0.6 is 34.4 Å². The summed E-state index contributed by atoms with van der Waals surface area (Å²) in [5, 5.41) is 2.82. The van der Waals surface area contributed by atoms with Crippen LogP contribution in [0.25, 0.3) is 11.8 Å². The molecule has 9 nitrogen and oxygen atoms in total. The van der Waals surface area contributed by atoms with Crippen molar-refractivity contribution in [2.24, 2.45) is 4.99 Å². The van der Waals surface area contributed by atoms with Gasteiger partial charge in [0.15, 0.2) is 15.1 Å². The van der Waals surface area contributed by atoms with Crippen molar-refractivity contribution >= 4 is 52.2 Å². The number of esters is 1. The summed E-state index contributed by atoms with van der Waals surface area (Å²) < 4.78 is 13.4. The molecule has 206 valence electrons. The van der Waals surface area contributed by atoms with Crippen LogP contribution < -0.4 is 20.5 Å². The SMILES string of the molecule is CCOC(=O)C1=C(c2ccccc2)N=c2s/c(=C/c3ccc(Sc4nc(C)cc(=O)[nH]4)o3)c(=O)n2[C@H]1c1cccs1. The number of thiophene rings is 1. The van der Waals surface area contributed by atoms with E-state index in [9.17, 15) is 14.4 Å². The van der Waals surface area contributed by atoms with E-state index in [-0.39, 0.29) is 17.7 Å². The highest BCUT2D eigenvalue weighted by molar-refractivity contribution is 7.99. The molecule has 4 aromatic heterocycles. The van der Waals surface area contributed by atoms with E-state index in [1.54, 1.807) is 36.6 Å². The zero-order chi connectivity index (χ0) is 28.5. The van der Waals surface area contributed by atoms with Gasteiger partial charge in [-0.15, -0.1) is 11.3 Å². The number of furan rings is 1. The molecule has 1 aromatic carbocycles. The fourth-order valence-corrected chi connectivity index (χ4v) is 7.06. The van der Waals surface area contributed by atoms with Gasteiger partial charge in [0.25, 0.3) is 11.1 Å². The molecule has 0 bridgehead atoms. The molecule has 1 aliphatic rings. The van der Waals surface area contributed by atoms with E-state index in [0.29, 0.717) is 42.3 Å². The Labute approximate surface area is 245 Å². The molecule has 5 heterocycles. The number of aryl methyl sites for hydroxylation is 1. The lowest BCUT2D eigenvalue weighted by Gasteiger charge is -2.24. The largest absolute Gasteiger partial charge is 0.463 e. The first-order valence-corrected chi connectivity index (χ1v) is 15.1. The topological polar surface area (TPSA) is 120 Å². The first-order valence-electron chi connectivity index (χ1n) is 12.6. The van der Waals surface area contributed by atoms with Gasteiger partial charge in [-0.05, 0) is 49.2 Å². The first-order chi connectivity index (χ1) is 19.9. The van der Waals surface area contributed by atoms with Crippen molar-refractivity contribution < 1.29 is 13.9 Å². The third kappa shape index (κ3) is 5.41. The predicted octanol–water partition coefficient (Wildman–Crippen LogP) is 4.13. The van der Waals surface area contributed by atoms with Crippen molar-refractivity contribution in [1.82, 2.24) is 14.5 Å². The second-order valence-corrected chi connectivity index (χ2v) is 11.9. The number of fused-ring (bicyclic) bond motifs is 1. The normalized spacial score (nSPS) is 15.1. The van der Waals surface area contributed by atoms with Gasteiger partial charge in [0, 0.05) is 28.3 Å². The lowest BCUT2D eigenvalue weighted by atomic mass is 9.97. The summed E-state index contributed by atoms with van der Waals surface area (Å²) in [6, 6.07) is 17.4. The minimum atomic E-state index is -0.699. The van der Waals surface area contributed by atoms with Crippen molar-refractivity contribution in [3.8, 4) is 0 Å². The zero-order valence-electron chi connectivity index (χ0n) is 21.8. The summed E-state index contributed by atoms with van der Waals surface area (Å²) in [6.45, 7) is 3.68. The van der Waals surface area contributed by atoms with Crippen LogP contribution in [0.15, 0.2) is 101 Å². The molecular formula is C29H22N4O5S3. The van der Waals surface area contributed by atoms with Crippen molar-refractivity contribution in [3.05, 3.63) is 124 Å². The summed E-state index contributed by atoms with van der Waals surface area (Å²) in [4.78, 5) is 52.2. The fraction of sp³-hybridized carbons (Fsp3) is 0.138. The third-order valence-corrected chi connectivity index (χ3v) is 8.82. The molecule has 0 spiro atoms. The fourth-order valence-electron chi connectivity index (χ4n) is 4.45. The molecule has 0 unspecified atom stereocenters. The number of aromatic amines is 1. The molecule has 1 aliphatic heterocycles. The molecule has 0 radical (unpaired) electrons. The standard InChI is InChI=1S/C29H22N4O5S3/c1-3-37-27(36)23-24(17-8-5-4-6-9-17)32-29-33(25(23)19-10-7-13-39-19)26(35)20(40-29)15-18-11-12-22(38-18)41-28-30-16(2)14-21(34)31-28/h4-15,25H,3H2,1-2H3,(H,30,31,34)/b20-15+/t25-/m0/s1. The van der Waals surface area contributed by atoms with E-state index in [2.05, 4.69) is 9.97 Å². The number of nitrogens with zero attached hydrogens (tertiary/aromatic N) is 3. The number of ether oxygens (including phenoxy) is 1. The minimum Gasteiger partial charge on any atom is -0.463 e. The number of carbonyl (C=O) groups is 1. The number of hydrogen-bond donors (Lipinski definition) is 1. The van der Waals surface area contributed by atoms with Crippen molar-refractivity contribution in [1.29, 1.82) is 0 Å². The minimum absolute atomic E-state index is 0.191. The molecule has 12 heteroatoms. The molecule has 5 aromatic rings. The van der Waals surface area contributed by atoms with E-state index in [1.165, 1.54) is 40.5 Å². The zero-order valence-corrected chi connectivity index (χ0v) is 24.3. The Morgan fingerprint density at radius 1 is 1.17 bits per heavy atom. The lowest BCUT2D eigenvalue weighted by Crippen LogP contribution is -2.39. The van der Waals surface area contributed by atoms with Gasteiger partial charge in [-0.25, -0.2) is 14.8 Å². The Bertz CT molecular complexity index is 2020. The Morgan fingerprint density at radius 2 is 2.00 bits per heavy atom. The van der Waals surface area contributed by atoms with Gasteiger partial charge in [0.1, 0.15) is 11.8 Å². The van der Waals surface area contributed by atoms with Crippen molar-refractivity contribution in [2.75, 3.05) is 6.61 Å². The van der Waals surface area contributed by atoms with Crippen LogP contribution in [0, 0.1) is 6.92 Å². The maximum Gasteiger partial charge on any atom is 0.338 e. The predicted molar refractivity (Wildman–Crippen MR) is 158 cm³/mol. The van der Waals surface area contributed by atoms with Gasteiger partial charge >= 0.3 is 5.97 Å². The van der Waals surface area contributed by atoms with Gasteiger partial charge in [-0.2, -0.15) is 0 Å². The van der Waals surface area contributed by atoms with Crippen LogP contribution in [0.1, 0.15) is 34.9 Å². The van der Waals surface area contributed by atoms with Crippen molar-refractivity contribution in [2.45, 2.75) is 30.1 Å². The average Bonchev–Trinajstić information content (AvgIpc) is 3.70. The maximum absolute atomic E-state index is 13.9. The number of benzene rings is 1. The Hall–Kier alpha value is -4.26. The molecule has 1 N–H and O–H groups in total. The second kappa shape index (κ2) is 11.3. The quantitative estimate of drug-likeness (QED) is 0.220. The van der Waals surface area contributed by atoms with Gasteiger partial charge in [-0.1, -0.05) is 47.7 Å². The highest BCUT2D eigenvalue weighted by atomic mass is 32.2. The monoisotopic (exact) mass is 602 g/mol. The molecule has 1 atom stereocenters. The number of carbonyl (C=O) groups excluding carboxylic acids is 1. The van der Waals surface area contributed by atoms with Crippen molar-refractivity contribution in [3.63, 3.8) is 0 Å². The maximum atomic E-state index is 13.9. The van der Waals surface area contributed by atoms with Gasteiger partial charge < -0.3 is 14.1 Å². The molecule has 41 heavy (non-hydrogen) atoms. The number of rotatable bonds is 7. The molecule has 0 amide bonds. The van der Waals surface area contributed by atoms with Crippen LogP contribution in [0.3, 0.4) is 0 Å². The van der Waals surface area contributed by atoms with E-state index in [0.717, 1.165) is 10.4 Å². The number of nitrogens with one attached hydrogen (secondary N) is 1. The Kier molecular flexibility index (Phi) is 7.43. The Balaban J connectivity index is 1.48.